The minimum Gasteiger partial charge on any atom is -0.495 e. The highest BCUT2D eigenvalue weighted by Crippen LogP contribution is 2.43. The van der Waals surface area contributed by atoms with E-state index in [1.165, 1.54) is 12.1 Å². The van der Waals surface area contributed by atoms with E-state index in [0.717, 1.165) is 54.1 Å². The Hall–Kier alpha value is -7.25. The summed E-state index contributed by atoms with van der Waals surface area (Å²) in [6.07, 6.45) is 0.699. The van der Waals surface area contributed by atoms with Gasteiger partial charge >= 0.3 is 0 Å². The number of benzene rings is 4. The number of carbonyl (C=O) groups is 2. The van der Waals surface area contributed by atoms with Crippen molar-refractivity contribution >= 4 is 79.2 Å². The van der Waals surface area contributed by atoms with Crippen LogP contribution in [-0.2, 0) is 16.6 Å². The Morgan fingerprint density at radius 3 is 2.14 bits per heavy atom. The highest BCUT2D eigenvalue weighted by molar-refractivity contribution is 7.89. The molecule has 1 atom stereocenters. The summed E-state index contributed by atoms with van der Waals surface area (Å²) in [7, 11) is 5.13. The third-order valence-electron chi connectivity index (χ3n) is 12.5. The highest BCUT2D eigenvalue weighted by Gasteiger charge is 2.31. The van der Waals surface area contributed by atoms with Gasteiger partial charge in [-0.05, 0) is 103 Å². The molecular formula is C48H51N11O6S. The van der Waals surface area contributed by atoms with E-state index in [2.05, 4.69) is 20.9 Å². The van der Waals surface area contributed by atoms with Crippen LogP contribution in [0.1, 0.15) is 50.9 Å². The first-order valence-corrected chi connectivity index (χ1v) is 23.0. The summed E-state index contributed by atoms with van der Waals surface area (Å²) >= 11 is 0. The van der Waals surface area contributed by atoms with Crippen LogP contribution in [0, 0.1) is 0 Å². The summed E-state index contributed by atoms with van der Waals surface area (Å²) in [4.78, 5) is 46.9. The smallest absolute Gasteiger partial charge is 0.260 e. The SMILES string of the molecule is COc1cc(C(=O)NC2CCN(Cc3ccc4c(c3)C(=O)N(C)c3ccc(Nc5ccc(S(N)(=O)=O)cc5)nc3N4C)CC2)ccc1Nc1ccc2c(n1)N(C)c1ccccc1C(O)N2C. The van der Waals surface area contributed by atoms with Crippen molar-refractivity contribution in [3.63, 3.8) is 0 Å². The molecule has 6 N–H and O–H groups in total. The number of methoxy groups -OCH3 is 1. The van der Waals surface area contributed by atoms with Crippen molar-refractivity contribution in [3.05, 3.63) is 131 Å². The Morgan fingerprint density at radius 2 is 1.42 bits per heavy atom. The third-order valence-corrected chi connectivity index (χ3v) is 13.4. The van der Waals surface area contributed by atoms with Crippen molar-refractivity contribution in [2.75, 3.05) is 78.6 Å². The van der Waals surface area contributed by atoms with Crippen molar-refractivity contribution in [1.82, 2.24) is 20.2 Å². The topological polar surface area (TPSA) is 202 Å². The standard InChI is InChI=1S/C48H51N11O6S/c1-55-37-9-7-6-8-34(37)47(61)57(3)39-19-21-43(54-45(39)55)52-36-16-11-30(27-41(36)65-5)46(60)51-32-22-24-59(25-23-32)28-29-10-17-38-35(26-29)48(62)58(4)40-18-20-42(53-44(40)56(38)2)50-31-12-14-33(15-13-31)66(49,63)64/h6-21,26-27,32,47,61H,22-25,28H2,1-5H3,(H,50,53)(H,51,60)(H,52,54)(H2,49,63,64). The predicted molar refractivity (Wildman–Crippen MR) is 257 cm³/mol. The molecule has 0 saturated carbocycles. The molecule has 0 aliphatic carbocycles. The number of hydrogen-bond donors (Lipinski definition) is 5. The van der Waals surface area contributed by atoms with Gasteiger partial charge in [-0.2, -0.15) is 0 Å². The van der Waals surface area contributed by atoms with Crippen molar-refractivity contribution in [3.8, 4) is 5.75 Å². The quantitative estimate of drug-likeness (QED) is 0.0987. The van der Waals surface area contributed by atoms with Crippen LogP contribution in [0.3, 0.4) is 0 Å². The first-order valence-electron chi connectivity index (χ1n) is 21.5. The lowest BCUT2D eigenvalue weighted by molar-refractivity contribution is 0.0908. The molecule has 1 saturated heterocycles. The first-order chi connectivity index (χ1) is 31.7. The van der Waals surface area contributed by atoms with Crippen molar-refractivity contribution in [1.29, 1.82) is 0 Å². The number of nitrogens with one attached hydrogen (secondary N) is 3. The first kappa shape index (κ1) is 44.0. The molecule has 0 bridgehead atoms. The zero-order chi connectivity index (χ0) is 46.4. The number of nitrogens with zero attached hydrogens (tertiary/aromatic N) is 7. The summed E-state index contributed by atoms with van der Waals surface area (Å²) in [6, 6.07) is 32.4. The molecule has 340 valence electrons. The molecular weight excluding hydrogens is 859 g/mol. The molecule has 0 radical (unpaired) electrons. The number of aliphatic hydroxyl groups excluding tert-OH is 1. The van der Waals surface area contributed by atoms with E-state index >= 15 is 0 Å². The second kappa shape index (κ2) is 17.6. The van der Waals surface area contributed by atoms with Gasteiger partial charge in [-0.25, -0.2) is 23.5 Å². The molecule has 66 heavy (non-hydrogen) atoms. The lowest BCUT2D eigenvalue weighted by atomic mass is 10.0. The maximum Gasteiger partial charge on any atom is 0.260 e. The largest absolute Gasteiger partial charge is 0.495 e. The van der Waals surface area contributed by atoms with Gasteiger partial charge in [0.25, 0.3) is 11.8 Å². The molecule has 0 spiro atoms. The second-order valence-corrected chi connectivity index (χ2v) is 18.3. The fourth-order valence-electron chi connectivity index (χ4n) is 8.78. The van der Waals surface area contributed by atoms with Crippen molar-refractivity contribution in [2.45, 2.75) is 36.6 Å². The molecule has 1 unspecified atom stereocenters. The fourth-order valence-corrected chi connectivity index (χ4v) is 9.29. The van der Waals surface area contributed by atoms with Crippen LogP contribution in [0.15, 0.2) is 114 Å². The van der Waals surface area contributed by atoms with Gasteiger partial charge in [0.05, 0.1) is 40.3 Å². The van der Waals surface area contributed by atoms with Crippen LogP contribution in [0.2, 0.25) is 0 Å². The van der Waals surface area contributed by atoms with Crippen LogP contribution in [0.4, 0.5) is 57.4 Å². The second-order valence-electron chi connectivity index (χ2n) is 16.7. The Balaban J connectivity index is 0.816. The van der Waals surface area contributed by atoms with Crippen LogP contribution in [0.5, 0.6) is 5.75 Å². The van der Waals surface area contributed by atoms with Gasteiger partial charge in [0, 0.05) is 76.4 Å². The molecule has 6 aromatic rings. The number of amides is 2. The van der Waals surface area contributed by atoms with Crippen LogP contribution in [-0.4, -0.2) is 94.6 Å². The number of ether oxygens (including phenoxy) is 1. The number of aliphatic hydroxyl groups is 1. The number of sulfonamides is 1. The average molecular weight is 910 g/mol. The Bertz CT molecular complexity index is 2960. The molecule has 4 aromatic carbocycles. The van der Waals surface area contributed by atoms with Gasteiger partial charge in [-0.15, -0.1) is 0 Å². The number of carbonyl (C=O) groups excluding carboxylic acids is 2. The summed E-state index contributed by atoms with van der Waals surface area (Å²) in [6.45, 7) is 2.17. The van der Waals surface area contributed by atoms with E-state index in [-0.39, 0.29) is 22.8 Å². The molecule has 17 nitrogen and oxygen atoms in total. The number of likely N-dealkylation sites (tertiary alicyclic amines) is 1. The summed E-state index contributed by atoms with van der Waals surface area (Å²) in [5.74, 6) is 2.50. The molecule has 1 fully saturated rings. The molecule has 5 heterocycles. The number of anilines is 10. The number of nitrogens with two attached hydrogens (primary N) is 1. The van der Waals surface area contributed by atoms with Gasteiger partial charge in [0.2, 0.25) is 10.0 Å². The van der Waals surface area contributed by atoms with Gasteiger partial charge in [0.1, 0.15) is 17.4 Å². The summed E-state index contributed by atoms with van der Waals surface area (Å²) in [5.41, 5.74) is 7.09. The maximum absolute atomic E-state index is 13.9. The molecule has 2 amide bonds. The molecule has 18 heteroatoms. The number of primary sulfonamides is 1. The van der Waals surface area contributed by atoms with E-state index in [1.807, 2.05) is 97.7 Å². The van der Waals surface area contributed by atoms with Gasteiger partial charge in [-0.1, -0.05) is 24.3 Å². The monoisotopic (exact) mass is 909 g/mol. The highest BCUT2D eigenvalue weighted by atomic mass is 32.2. The lowest BCUT2D eigenvalue weighted by Crippen LogP contribution is -2.44. The van der Waals surface area contributed by atoms with E-state index in [1.54, 1.807) is 54.3 Å². The summed E-state index contributed by atoms with van der Waals surface area (Å²) in [5, 5.41) is 26.1. The number of para-hydroxylation sites is 1. The van der Waals surface area contributed by atoms with E-state index < -0.39 is 16.3 Å². The summed E-state index contributed by atoms with van der Waals surface area (Å²) < 4.78 is 29.1. The third kappa shape index (κ3) is 8.54. The van der Waals surface area contributed by atoms with Crippen LogP contribution >= 0.6 is 0 Å². The Kier molecular flexibility index (Phi) is 11.7. The number of aromatic nitrogens is 2. The Morgan fingerprint density at radius 1 is 0.773 bits per heavy atom. The minimum absolute atomic E-state index is 0.0105. The predicted octanol–water partition coefficient (Wildman–Crippen LogP) is 6.58. The molecule has 2 aromatic heterocycles. The van der Waals surface area contributed by atoms with Crippen LogP contribution < -0.4 is 45.4 Å². The number of piperidine rings is 1. The number of rotatable bonds is 10. The lowest BCUT2D eigenvalue weighted by Gasteiger charge is -2.32. The molecule has 9 rings (SSSR count). The normalized spacial score (nSPS) is 16.3. The van der Waals surface area contributed by atoms with E-state index in [4.69, 9.17) is 19.8 Å². The van der Waals surface area contributed by atoms with Gasteiger partial charge in [0.15, 0.2) is 17.9 Å². The van der Waals surface area contributed by atoms with E-state index in [9.17, 15) is 23.1 Å². The van der Waals surface area contributed by atoms with Crippen molar-refractivity contribution < 1.29 is 27.9 Å². The van der Waals surface area contributed by atoms with Crippen molar-refractivity contribution in [2.24, 2.45) is 5.14 Å². The maximum atomic E-state index is 13.9. The van der Waals surface area contributed by atoms with Crippen LogP contribution in [0.25, 0.3) is 0 Å². The van der Waals surface area contributed by atoms with E-state index in [0.29, 0.717) is 63.8 Å². The van der Waals surface area contributed by atoms with Gasteiger partial charge < -0.3 is 45.4 Å². The number of fused-ring (bicyclic) bond motifs is 4. The zero-order valence-electron chi connectivity index (χ0n) is 37.2. The minimum atomic E-state index is -3.82. The number of hydrogen-bond acceptors (Lipinski definition) is 14. The molecule has 3 aliphatic rings. The Labute approximate surface area is 383 Å². The number of pyridine rings is 2. The fraction of sp³-hybridized carbons (Fsp3) is 0.250. The molecule has 3 aliphatic heterocycles. The average Bonchev–Trinajstić information content (AvgIpc) is 3.45. The van der Waals surface area contributed by atoms with Gasteiger partial charge in [-0.3, -0.25) is 14.5 Å². The zero-order valence-corrected chi connectivity index (χ0v) is 38.0.